The number of hydrogen-bond donors (Lipinski definition) is 2. The van der Waals surface area contributed by atoms with Gasteiger partial charge in [-0.05, 0) is 35.9 Å². The molecule has 0 aliphatic carbocycles. The number of nitrogens with one attached hydrogen (secondary N) is 2. The molecule has 7 nitrogen and oxygen atoms in total. The van der Waals surface area contributed by atoms with Gasteiger partial charge < -0.3 is 10.3 Å². The zero-order valence-electron chi connectivity index (χ0n) is 13.6. The van der Waals surface area contributed by atoms with Crippen LogP contribution in [0.4, 0.5) is 0 Å². The molecule has 0 aliphatic rings. The number of H-pyrrole nitrogens is 1. The van der Waals surface area contributed by atoms with Gasteiger partial charge in [-0.1, -0.05) is 0 Å². The van der Waals surface area contributed by atoms with Gasteiger partial charge in [0, 0.05) is 43.3 Å². The van der Waals surface area contributed by atoms with Crippen LogP contribution in [0.25, 0.3) is 22.3 Å². The van der Waals surface area contributed by atoms with E-state index in [2.05, 4.69) is 25.4 Å². The van der Waals surface area contributed by atoms with Crippen LogP contribution in [0.15, 0.2) is 55.2 Å². The SMILES string of the molecule is Cn1nccc1-c1cncc(CNC(=O)c2ccc3nc[nH]c3c2)c1. The number of nitrogens with zero attached hydrogens (tertiary/aromatic N) is 4. The molecule has 0 fully saturated rings. The molecule has 124 valence electrons. The number of aryl methyl sites for hydroxylation is 1. The molecule has 4 rings (SSSR count). The van der Waals surface area contributed by atoms with Crippen LogP contribution in [0.3, 0.4) is 0 Å². The number of fused-ring (bicyclic) bond motifs is 1. The fraction of sp³-hybridized carbons (Fsp3) is 0.111. The van der Waals surface area contributed by atoms with E-state index in [1.807, 2.05) is 25.2 Å². The largest absolute Gasteiger partial charge is 0.348 e. The molecular formula is C18H16N6O. The maximum Gasteiger partial charge on any atom is 0.251 e. The summed E-state index contributed by atoms with van der Waals surface area (Å²) in [4.78, 5) is 23.8. The third kappa shape index (κ3) is 2.99. The van der Waals surface area contributed by atoms with Crippen molar-refractivity contribution in [1.82, 2.24) is 30.0 Å². The van der Waals surface area contributed by atoms with Crippen molar-refractivity contribution in [3.05, 3.63) is 66.4 Å². The predicted octanol–water partition coefficient (Wildman–Crippen LogP) is 2.29. The number of imidazole rings is 1. The molecule has 1 amide bonds. The first-order valence-electron chi connectivity index (χ1n) is 7.84. The van der Waals surface area contributed by atoms with Gasteiger partial charge >= 0.3 is 0 Å². The first-order chi connectivity index (χ1) is 12.2. The lowest BCUT2D eigenvalue weighted by molar-refractivity contribution is 0.0951. The number of amides is 1. The fourth-order valence-corrected chi connectivity index (χ4v) is 2.74. The number of aromatic nitrogens is 5. The van der Waals surface area contributed by atoms with Gasteiger partial charge in [0.15, 0.2) is 0 Å². The number of hydrogen-bond acceptors (Lipinski definition) is 4. The zero-order valence-corrected chi connectivity index (χ0v) is 13.6. The van der Waals surface area contributed by atoms with E-state index in [1.165, 1.54) is 0 Å². The fourth-order valence-electron chi connectivity index (χ4n) is 2.74. The van der Waals surface area contributed by atoms with E-state index in [1.54, 1.807) is 41.7 Å². The molecule has 0 saturated heterocycles. The number of benzene rings is 1. The number of carbonyl (C=O) groups is 1. The average molecular weight is 332 g/mol. The number of rotatable bonds is 4. The first kappa shape index (κ1) is 15.1. The number of carbonyl (C=O) groups excluding carboxylic acids is 1. The Kier molecular flexibility index (Phi) is 3.74. The van der Waals surface area contributed by atoms with Crippen molar-refractivity contribution >= 4 is 16.9 Å². The van der Waals surface area contributed by atoms with Crippen LogP contribution in [0.1, 0.15) is 15.9 Å². The van der Waals surface area contributed by atoms with Gasteiger partial charge in [0.1, 0.15) is 0 Å². The minimum atomic E-state index is -0.137. The molecule has 0 spiro atoms. The second kappa shape index (κ2) is 6.20. The smallest absolute Gasteiger partial charge is 0.251 e. The van der Waals surface area contributed by atoms with E-state index in [0.29, 0.717) is 12.1 Å². The topological polar surface area (TPSA) is 88.5 Å². The maximum atomic E-state index is 12.4. The molecule has 0 aliphatic heterocycles. The van der Waals surface area contributed by atoms with Crippen LogP contribution < -0.4 is 5.32 Å². The van der Waals surface area contributed by atoms with Crippen molar-refractivity contribution < 1.29 is 4.79 Å². The van der Waals surface area contributed by atoms with Crippen molar-refractivity contribution in [1.29, 1.82) is 0 Å². The summed E-state index contributed by atoms with van der Waals surface area (Å²) in [5, 5.41) is 7.09. The minimum Gasteiger partial charge on any atom is -0.348 e. The minimum absolute atomic E-state index is 0.137. The summed E-state index contributed by atoms with van der Waals surface area (Å²) in [6.07, 6.45) is 6.89. The van der Waals surface area contributed by atoms with Crippen LogP contribution in [0.2, 0.25) is 0 Å². The van der Waals surface area contributed by atoms with Crippen molar-refractivity contribution in [2.24, 2.45) is 7.05 Å². The second-order valence-electron chi connectivity index (χ2n) is 5.74. The van der Waals surface area contributed by atoms with E-state index in [9.17, 15) is 4.79 Å². The highest BCUT2D eigenvalue weighted by atomic mass is 16.1. The summed E-state index contributed by atoms with van der Waals surface area (Å²) in [6, 6.07) is 9.32. The van der Waals surface area contributed by atoms with E-state index >= 15 is 0 Å². The molecule has 2 N–H and O–H groups in total. The second-order valence-corrected chi connectivity index (χ2v) is 5.74. The summed E-state index contributed by atoms with van der Waals surface area (Å²) in [5.41, 5.74) is 5.13. The summed E-state index contributed by atoms with van der Waals surface area (Å²) >= 11 is 0. The normalized spacial score (nSPS) is 10.9. The molecule has 0 unspecified atom stereocenters. The molecule has 1 aromatic carbocycles. The summed E-state index contributed by atoms with van der Waals surface area (Å²) in [7, 11) is 1.88. The molecule has 7 heteroatoms. The number of aromatic amines is 1. The highest BCUT2D eigenvalue weighted by Crippen LogP contribution is 2.18. The lowest BCUT2D eigenvalue weighted by Crippen LogP contribution is -2.22. The Morgan fingerprint density at radius 1 is 1.24 bits per heavy atom. The van der Waals surface area contributed by atoms with Crippen molar-refractivity contribution in [3.8, 4) is 11.3 Å². The van der Waals surface area contributed by atoms with Crippen LogP contribution >= 0.6 is 0 Å². The lowest BCUT2D eigenvalue weighted by Gasteiger charge is -2.07. The Labute approximate surface area is 143 Å². The monoisotopic (exact) mass is 332 g/mol. The van der Waals surface area contributed by atoms with Crippen LogP contribution in [-0.4, -0.2) is 30.6 Å². The lowest BCUT2D eigenvalue weighted by atomic mass is 10.1. The third-order valence-corrected chi connectivity index (χ3v) is 4.05. The molecule has 0 bridgehead atoms. The van der Waals surface area contributed by atoms with Gasteiger partial charge in [0.2, 0.25) is 0 Å². The Morgan fingerprint density at radius 3 is 3.00 bits per heavy atom. The van der Waals surface area contributed by atoms with Crippen molar-refractivity contribution in [2.75, 3.05) is 0 Å². The van der Waals surface area contributed by atoms with Gasteiger partial charge in [-0.2, -0.15) is 5.10 Å². The summed E-state index contributed by atoms with van der Waals surface area (Å²) in [6.45, 7) is 0.401. The van der Waals surface area contributed by atoms with E-state index < -0.39 is 0 Å². The highest BCUT2D eigenvalue weighted by molar-refractivity contribution is 5.97. The molecule has 25 heavy (non-hydrogen) atoms. The first-order valence-corrected chi connectivity index (χ1v) is 7.84. The van der Waals surface area contributed by atoms with Gasteiger partial charge in [0.05, 0.1) is 23.1 Å². The summed E-state index contributed by atoms with van der Waals surface area (Å²) in [5.74, 6) is -0.137. The van der Waals surface area contributed by atoms with E-state index in [-0.39, 0.29) is 5.91 Å². The standard InChI is InChI=1S/C18H16N6O/c1-24-17(4-5-23-24)14-6-12(8-19-10-14)9-20-18(25)13-2-3-15-16(7-13)22-11-21-15/h2-8,10-11H,9H2,1H3,(H,20,25)(H,21,22). The van der Waals surface area contributed by atoms with E-state index in [0.717, 1.165) is 27.9 Å². The van der Waals surface area contributed by atoms with Gasteiger partial charge in [0.25, 0.3) is 5.91 Å². The quantitative estimate of drug-likeness (QED) is 0.600. The molecule has 0 radical (unpaired) electrons. The van der Waals surface area contributed by atoms with Crippen molar-refractivity contribution in [3.63, 3.8) is 0 Å². The average Bonchev–Trinajstić information content (AvgIpc) is 3.27. The summed E-state index contributed by atoms with van der Waals surface area (Å²) < 4.78 is 1.79. The Bertz CT molecular complexity index is 1050. The molecule has 3 aromatic heterocycles. The van der Waals surface area contributed by atoms with E-state index in [4.69, 9.17) is 0 Å². The van der Waals surface area contributed by atoms with Crippen LogP contribution in [-0.2, 0) is 13.6 Å². The van der Waals surface area contributed by atoms with Crippen LogP contribution in [0.5, 0.6) is 0 Å². The molecule has 4 aromatic rings. The Balaban J connectivity index is 1.49. The molecule has 0 atom stereocenters. The molecule has 0 saturated carbocycles. The van der Waals surface area contributed by atoms with Gasteiger partial charge in [-0.3, -0.25) is 14.5 Å². The zero-order chi connectivity index (χ0) is 17.2. The van der Waals surface area contributed by atoms with Gasteiger partial charge in [-0.15, -0.1) is 0 Å². The highest BCUT2D eigenvalue weighted by Gasteiger charge is 2.09. The molecular weight excluding hydrogens is 316 g/mol. The Morgan fingerprint density at radius 2 is 2.16 bits per heavy atom. The van der Waals surface area contributed by atoms with Crippen molar-refractivity contribution in [2.45, 2.75) is 6.54 Å². The maximum absolute atomic E-state index is 12.4. The number of pyridine rings is 1. The Hall–Kier alpha value is -3.48. The third-order valence-electron chi connectivity index (χ3n) is 4.05. The van der Waals surface area contributed by atoms with Gasteiger partial charge in [-0.25, -0.2) is 4.98 Å². The predicted molar refractivity (Wildman–Crippen MR) is 93.7 cm³/mol. The molecule has 3 heterocycles. The van der Waals surface area contributed by atoms with Crippen LogP contribution in [0, 0.1) is 0 Å².